The van der Waals surface area contributed by atoms with E-state index in [1.807, 2.05) is 43.7 Å². The Morgan fingerprint density at radius 3 is 2.54 bits per heavy atom. The fraction of sp³-hybridized carbons (Fsp3) is 0.167. The van der Waals surface area contributed by atoms with Gasteiger partial charge in [-0.1, -0.05) is 30.2 Å². The summed E-state index contributed by atoms with van der Waals surface area (Å²) >= 11 is 0. The first-order valence-electron chi connectivity index (χ1n) is 12.4. The molecule has 0 aliphatic carbocycles. The molecule has 0 saturated heterocycles. The SMILES string of the molecule is Cc1cc(F)c(C(=O)N(c2ccccc2)c2cccc(-c3nncn3C(C)C)n2)cc1C#Cc1cn(C)cn1. The molecule has 0 aliphatic rings. The molecule has 0 radical (unpaired) electrons. The van der Waals surface area contributed by atoms with Crippen LogP contribution in [0.3, 0.4) is 0 Å². The van der Waals surface area contributed by atoms with Gasteiger partial charge >= 0.3 is 0 Å². The maximum absolute atomic E-state index is 15.3. The van der Waals surface area contributed by atoms with Crippen LogP contribution >= 0.6 is 0 Å². The predicted octanol–water partition coefficient (Wildman–Crippen LogP) is 5.48. The Bertz CT molecular complexity index is 1710. The highest BCUT2D eigenvalue weighted by Gasteiger charge is 2.25. The fourth-order valence-corrected chi connectivity index (χ4v) is 4.11. The molecule has 0 N–H and O–H groups in total. The first-order valence-corrected chi connectivity index (χ1v) is 12.4. The molecule has 5 aromatic rings. The van der Waals surface area contributed by atoms with E-state index in [1.54, 1.807) is 60.7 Å². The molecule has 5 rings (SSSR count). The van der Waals surface area contributed by atoms with E-state index >= 15 is 4.39 Å². The van der Waals surface area contributed by atoms with Crippen molar-refractivity contribution in [2.24, 2.45) is 7.05 Å². The largest absolute Gasteiger partial charge is 0.339 e. The van der Waals surface area contributed by atoms with E-state index in [-0.39, 0.29) is 11.6 Å². The first-order chi connectivity index (χ1) is 18.8. The summed E-state index contributed by atoms with van der Waals surface area (Å²) in [7, 11) is 1.85. The van der Waals surface area contributed by atoms with Crippen molar-refractivity contribution in [3.8, 4) is 23.4 Å². The summed E-state index contributed by atoms with van der Waals surface area (Å²) in [5, 5.41) is 8.26. The molecule has 3 heterocycles. The van der Waals surface area contributed by atoms with Crippen LogP contribution in [-0.2, 0) is 7.05 Å². The summed E-state index contributed by atoms with van der Waals surface area (Å²) in [4.78, 5) is 24.4. The second-order valence-corrected chi connectivity index (χ2v) is 9.33. The molecular formula is C30H26FN7O. The van der Waals surface area contributed by atoms with Crippen molar-refractivity contribution >= 4 is 17.4 Å². The zero-order chi connectivity index (χ0) is 27.5. The molecule has 0 spiro atoms. The quantitative estimate of drug-likeness (QED) is 0.287. The molecule has 1 amide bonds. The molecule has 0 bridgehead atoms. The van der Waals surface area contributed by atoms with Crippen molar-refractivity contribution in [3.05, 3.63) is 108 Å². The number of carbonyl (C=O) groups excluding carboxylic acids is 1. The number of anilines is 2. The topological polar surface area (TPSA) is 81.7 Å². The van der Waals surface area contributed by atoms with E-state index < -0.39 is 11.7 Å². The van der Waals surface area contributed by atoms with Gasteiger partial charge in [-0.15, -0.1) is 10.2 Å². The summed E-state index contributed by atoms with van der Waals surface area (Å²) in [6.45, 7) is 5.79. The van der Waals surface area contributed by atoms with Gasteiger partial charge in [0.25, 0.3) is 5.91 Å². The minimum atomic E-state index is -0.641. The molecule has 9 heteroatoms. The normalized spacial score (nSPS) is 10.8. The molecule has 3 aromatic heterocycles. The summed E-state index contributed by atoms with van der Waals surface area (Å²) in [6, 6.07) is 17.2. The number of amides is 1. The van der Waals surface area contributed by atoms with Crippen LogP contribution in [0.4, 0.5) is 15.9 Å². The maximum Gasteiger partial charge on any atom is 0.267 e. The van der Waals surface area contributed by atoms with Crippen LogP contribution in [0.25, 0.3) is 11.5 Å². The number of hydrogen-bond acceptors (Lipinski definition) is 5. The summed E-state index contributed by atoms with van der Waals surface area (Å²) in [6.07, 6.45) is 5.08. The van der Waals surface area contributed by atoms with Crippen molar-refractivity contribution in [1.82, 2.24) is 29.3 Å². The molecule has 0 fully saturated rings. The van der Waals surface area contributed by atoms with Crippen LogP contribution in [0.5, 0.6) is 0 Å². The minimum absolute atomic E-state index is 0.111. The molecule has 2 aromatic carbocycles. The van der Waals surface area contributed by atoms with E-state index in [4.69, 9.17) is 4.98 Å². The van der Waals surface area contributed by atoms with Crippen molar-refractivity contribution in [2.45, 2.75) is 26.8 Å². The lowest BCUT2D eigenvalue weighted by Gasteiger charge is -2.23. The van der Waals surface area contributed by atoms with E-state index in [9.17, 15) is 4.79 Å². The van der Waals surface area contributed by atoms with Gasteiger partial charge in [0.15, 0.2) is 5.82 Å². The van der Waals surface area contributed by atoms with Gasteiger partial charge < -0.3 is 9.13 Å². The lowest BCUT2D eigenvalue weighted by atomic mass is 10.0. The van der Waals surface area contributed by atoms with Crippen LogP contribution in [-0.4, -0.2) is 35.2 Å². The standard InChI is InChI=1S/C30H26FN7O/c1-20(2)37-19-33-35-29(37)27-11-8-12-28(34-27)38(24-9-6-5-7-10-24)30(39)25-16-22(21(3)15-26(25)31)13-14-23-17-36(4)18-32-23/h5-12,15-20H,1-4H3. The summed E-state index contributed by atoms with van der Waals surface area (Å²) < 4.78 is 19.0. The molecule has 39 heavy (non-hydrogen) atoms. The Morgan fingerprint density at radius 2 is 1.82 bits per heavy atom. The number of pyridine rings is 1. The molecule has 0 aliphatic heterocycles. The number of aromatic nitrogens is 6. The van der Waals surface area contributed by atoms with Crippen molar-refractivity contribution in [2.75, 3.05) is 4.90 Å². The van der Waals surface area contributed by atoms with Gasteiger partial charge in [-0.3, -0.25) is 9.69 Å². The highest BCUT2D eigenvalue weighted by molar-refractivity contribution is 6.10. The number of hydrogen-bond donors (Lipinski definition) is 0. The number of nitrogens with zero attached hydrogens (tertiary/aromatic N) is 7. The predicted molar refractivity (Wildman–Crippen MR) is 147 cm³/mol. The van der Waals surface area contributed by atoms with Gasteiger partial charge in [0, 0.05) is 24.8 Å². The molecule has 8 nitrogen and oxygen atoms in total. The van der Waals surface area contributed by atoms with Gasteiger partial charge in [0.05, 0.1) is 17.6 Å². The van der Waals surface area contributed by atoms with Crippen LogP contribution in [0.2, 0.25) is 0 Å². The van der Waals surface area contributed by atoms with Crippen LogP contribution in [0.1, 0.15) is 47.1 Å². The summed E-state index contributed by atoms with van der Waals surface area (Å²) in [5.74, 6) is 5.69. The Balaban J connectivity index is 1.60. The second kappa shape index (κ2) is 10.7. The van der Waals surface area contributed by atoms with Gasteiger partial charge in [-0.2, -0.15) is 0 Å². The number of halogens is 1. The van der Waals surface area contributed by atoms with Gasteiger partial charge in [0.1, 0.15) is 29.4 Å². The second-order valence-electron chi connectivity index (χ2n) is 9.33. The van der Waals surface area contributed by atoms with Crippen molar-refractivity contribution in [3.63, 3.8) is 0 Å². The number of rotatable bonds is 5. The van der Waals surface area contributed by atoms with E-state index in [0.29, 0.717) is 39.8 Å². The number of para-hydroxylation sites is 1. The number of imidazole rings is 1. The highest BCUT2D eigenvalue weighted by atomic mass is 19.1. The average molecular weight is 520 g/mol. The minimum Gasteiger partial charge on any atom is -0.339 e. The van der Waals surface area contributed by atoms with Crippen LogP contribution < -0.4 is 4.90 Å². The highest BCUT2D eigenvalue weighted by Crippen LogP contribution is 2.30. The van der Waals surface area contributed by atoms with E-state index in [0.717, 1.165) is 0 Å². The van der Waals surface area contributed by atoms with Crippen LogP contribution in [0.15, 0.2) is 79.5 Å². The van der Waals surface area contributed by atoms with E-state index in [2.05, 4.69) is 27.0 Å². The number of carbonyl (C=O) groups is 1. The third-order valence-corrected chi connectivity index (χ3v) is 6.11. The molecule has 0 atom stereocenters. The lowest BCUT2D eigenvalue weighted by Crippen LogP contribution is -2.28. The molecule has 0 saturated carbocycles. The smallest absolute Gasteiger partial charge is 0.267 e. The summed E-state index contributed by atoms with van der Waals surface area (Å²) in [5.41, 5.74) is 2.69. The zero-order valence-electron chi connectivity index (χ0n) is 22.0. The van der Waals surface area contributed by atoms with Crippen molar-refractivity contribution in [1.29, 1.82) is 0 Å². The van der Waals surface area contributed by atoms with Gasteiger partial charge in [0.2, 0.25) is 0 Å². The van der Waals surface area contributed by atoms with Crippen molar-refractivity contribution < 1.29 is 9.18 Å². The third kappa shape index (κ3) is 5.31. The van der Waals surface area contributed by atoms with E-state index in [1.165, 1.54) is 17.0 Å². The average Bonchev–Trinajstić information content (AvgIpc) is 3.58. The Kier molecular flexibility index (Phi) is 7.02. The maximum atomic E-state index is 15.3. The number of aryl methyl sites for hydroxylation is 2. The fourth-order valence-electron chi connectivity index (χ4n) is 4.11. The number of benzene rings is 2. The molecular weight excluding hydrogens is 493 g/mol. The van der Waals surface area contributed by atoms with Crippen LogP contribution in [0, 0.1) is 24.6 Å². The Hall–Kier alpha value is -5.10. The zero-order valence-corrected chi connectivity index (χ0v) is 22.0. The Labute approximate surface area is 225 Å². The van der Waals surface area contributed by atoms with Gasteiger partial charge in [-0.25, -0.2) is 14.4 Å². The molecule has 194 valence electrons. The molecule has 0 unspecified atom stereocenters. The lowest BCUT2D eigenvalue weighted by molar-refractivity contribution is 0.0994. The van der Waals surface area contributed by atoms with Gasteiger partial charge in [-0.05, 0) is 68.7 Å². The Morgan fingerprint density at radius 1 is 1.03 bits per heavy atom. The third-order valence-electron chi connectivity index (χ3n) is 6.11. The first kappa shape index (κ1) is 25.5. The monoisotopic (exact) mass is 519 g/mol.